The molecule has 1 atom stereocenters. The first-order valence-electron chi connectivity index (χ1n) is 5.34. The summed E-state index contributed by atoms with van der Waals surface area (Å²) in [4.78, 5) is 12.6. The fourth-order valence-electron chi connectivity index (χ4n) is 1.95. The summed E-state index contributed by atoms with van der Waals surface area (Å²) in [6.45, 7) is 5.24. The molecule has 0 aromatic rings. The number of likely N-dealkylation sites (tertiary alicyclic amines) is 1. The van der Waals surface area contributed by atoms with Crippen molar-refractivity contribution in [1.29, 1.82) is 0 Å². The fraction of sp³-hybridized carbons (Fsp3) is 0.727. The van der Waals surface area contributed by atoms with Gasteiger partial charge in [0.05, 0.1) is 0 Å². The van der Waals surface area contributed by atoms with Crippen LogP contribution in [0.3, 0.4) is 0 Å². The summed E-state index contributed by atoms with van der Waals surface area (Å²) in [6.07, 6.45) is 6.78. The van der Waals surface area contributed by atoms with E-state index in [1.54, 1.807) is 6.08 Å². The van der Waals surface area contributed by atoms with E-state index in [4.69, 9.17) is 5.11 Å². The van der Waals surface area contributed by atoms with E-state index in [1.807, 2.05) is 0 Å². The molecular formula is C11H19NO2. The largest absolute Gasteiger partial charge is 0.478 e. The highest BCUT2D eigenvalue weighted by atomic mass is 16.4. The van der Waals surface area contributed by atoms with Crippen LogP contribution in [-0.2, 0) is 4.79 Å². The van der Waals surface area contributed by atoms with E-state index in [2.05, 4.69) is 11.8 Å². The molecule has 1 heterocycles. The minimum Gasteiger partial charge on any atom is -0.478 e. The van der Waals surface area contributed by atoms with E-state index in [1.165, 1.54) is 25.3 Å². The van der Waals surface area contributed by atoms with Crippen molar-refractivity contribution in [2.45, 2.75) is 26.2 Å². The van der Waals surface area contributed by atoms with Gasteiger partial charge in [-0.3, -0.25) is 4.90 Å². The lowest BCUT2D eigenvalue weighted by atomic mass is 9.96. The number of nitrogens with zero attached hydrogens (tertiary/aromatic N) is 1. The molecule has 3 nitrogen and oxygen atoms in total. The van der Waals surface area contributed by atoms with E-state index >= 15 is 0 Å². The van der Waals surface area contributed by atoms with Gasteiger partial charge in [-0.1, -0.05) is 19.4 Å². The van der Waals surface area contributed by atoms with Crippen LogP contribution in [0.25, 0.3) is 0 Å². The minimum atomic E-state index is -0.853. The summed E-state index contributed by atoms with van der Waals surface area (Å²) >= 11 is 0. The van der Waals surface area contributed by atoms with Gasteiger partial charge >= 0.3 is 5.97 Å². The fourth-order valence-corrected chi connectivity index (χ4v) is 1.95. The first-order valence-corrected chi connectivity index (χ1v) is 5.34. The van der Waals surface area contributed by atoms with Gasteiger partial charge in [0.25, 0.3) is 0 Å². The van der Waals surface area contributed by atoms with Crippen LogP contribution in [0.1, 0.15) is 26.2 Å². The molecular weight excluding hydrogens is 178 g/mol. The van der Waals surface area contributed by atoms with Gasteiger partial charge in [0.15, 0.2) is 0 Å². The molecule has 1 saturated heterocycles. The number of aliphatic carboxylic acids is 1. The highest BCUT2D eigenvalue weighted by Crippen LogP contribution is 2.18. The Morgan fingerprint density at radius 2 is 2.43 bits per heavy atom. The smallest absolute Gasteiger partial charge is 0.328 e. The number of rotatable bonds is 4. The lowest BCUT2D eigenvalue weighted by Gasteiger charge is -2.31. The molecule has 3 heteroatoms. The molecule has 0 radical (unpaired) electrons. The molecule has 0 saturated carbocycles. The third kappa shape index (κ3) is 3.92. The minimum absolute atomic E-state index is 0.781. The maximum absolute atomic E-state index is 10.3. The van der Waals surface area contributed by atoms with Crippen LogP contribution in [0, 0.1) is 5.92 Å². The summed E-state index contributed by atoms with van der Waals surface area (Å²) in [5.74, 6) is -0.0453. The van der Waals surface area contributed by atoms with Gasteiger partial charge in [-0.15, -0.1) is 0 Å². The van der Waals surface area contributed by atoms with E-state index in [0.717, 1.165) is 25.6 Å². The Hall–Kier alpha value is -0.830. The summed E-state index contributed by atoms with van der Waals surface area (Å²) in [6, 6.07) is 0. The third-order valence-corrected chi connectivity index (χ3v) is 2.80. The van der Waals surface area contributed by atoms with E-state index in [-0.39, 0.29) is 0 Å². The third-order valence-electron chi connectivity index (χ3n) is 2.80. The summed E-state index contributed by atoms with van der Waals surface area (Å²) in [5, 5.41) is 8.44. The average Bonchev–Trinajstić information content (AvgIpc) is 2.18. The molecule has 0 aliphatic carbocycles. The molecule has 0 bridgehead atoms. The molecule has 1 unspecified atom stereocenters. The van der Waals surface area contributed by atoms with E-state index < -0.39 is 5.97 Å². The van der Waals surface area contributed by atoms with E-state index in [0.29, 0.717) is 0 Å². The van der Waals surface area contributed by atoms with Crippen LogP contribution in [0.15, 0.2) is 12.2 Å². The number of hydrogen-bond acceptors (Lipinski definition) is 2. The molecule has 1 N–H and O–H groups in total. The quantitative estimate of drug-likeness (QED) is 0.698. The predicted octanol–water partition coefficient (Wildman–Crippen LogP) is 1.75. The molecule has 80 valence electrons. The topological polar surface area (TPSA) is 40.5 Å². The SMILES string of the molecule is CCC1CCCN(CC=CC(=O)O)C1. The van der Waals surface area contributed by atoms with Crippen LogP contribution in [0.2, 0.25) is 0 Å². The van der Waals surface area contributed by atoms with Crippen molar-refractivity contribution in [3.05, 3.63) is 12.2 Å². The number of hydrogen-bond donors (Lipinski definition) is 1. The lowest BCUT2D eigenvalue weighted by Crippen LogP contribution is -2.35. The molecule has 1 fully saturated rings. The number of carboxylic acids is 1. The zero-order chi connectivity index (χ0) is 10.4. The van der Waals surface area contributed by atoms with Gasteiger partial charge in [-0.2, -0.15) is 0 Å². The summed E-state index contributed by atoms with van der Waals surface area (Å²) < 4.78 is 0. The van der Waals surface area contributed by atoms with Crippen LogP contribution < -0.4 is 0 Å². The van der Waals surface area contributed by atoms with Crippen molar-refractivity contribution in [1.82, 2.24) is 4.90 Å². The van der Waals surface area contributed by atoms with Crippen molar-refractivity contribution in [2.24, 2.45) is 5.92 Å². The van der Waals surface area contributed by atoms with Gasteiger partial charge in [0.1, 0.15) is 0 Å². The summed E-state index contributed by atoms with van der Waals surface area (Å²) in [5.41, 5.74) is 0. The Balaban J connectivity index is 2.27. The van der Waals surface area contributed by atoms with Crippen LogP contribution in [-0.4, -0.2) is 35.6 Å². The van der Waals surface area contributed by atoms with Gasteiger partial charge in [-0.25, -0.2) is 4.79 Å². The van der Waals surface area contributed by atoms with Crippen molar-refractivity contribution in [2.75, 3.05) is 19.6 Å². The second kappa shape index (κ2) is 5.81. The maximum Gasteiger partial charge on any atom is 0.328 e. The Kier molecular flexibility index (Phi) is 4.66. The second-order valence-electron chi connectivity index (χ2n) is 3.92. The Bertz CT molecular complexity index is 213. The first-order chi connectivity index (χ1) is 6.72. The van der Waals surface area contributed by atoms with Gasteiger partial charge < -0.3 is 5.11 Å². The Morgan fingerprint density at radius 3 is 3.07 bits per heavy atom. The van der Waals surface area contributed by atoms with Crippen LogP contribution >= 0.6 is 0 Å². The van der Waals surface area contributed by atoms with Gasteiger partial charge in [0, 0.05) is 19.2 Å². The van der Waals surface area contributed by atoms with Crippen molar-refractivity contribution >= 4 is 5.97 Å². The Morgan fingerprint density at radius 1 is 1.64 bits per heavy atom. The molecule has 1 aliphatic heterocycles. The van der Waals surface area contributed by atoms with Crippen molar-refractivity contribution in [3.63, 3.8) is 0 Å². The van der Waals surface area contributed by atoms with Crippen LogP contribution in [0.5, 0.6) is 0 Å². The van der Waals surface area contributed by atoms with Crippen LogP contribution in [0.4, 0.5) is 0 Å². The average molecular weight is 197 g/mol. The predicted molar refractivity (Wildman–Crippen MR) is 56.2 cm³/mol. The molecule has 0 aromatic carbocycles. The van der Waals surface area contributed by atoms with Crippen molar-refractivity contribution in [3.8, 4) is 0 Å². The number of carboxylic acid groups (broad SMARTS) is 1. The lowest BCUT2D eigenvalue weighted by molar-refractivity contribution is -0.131. The zero-order valence-corrected chi connectivity index (χ0v) is 8.78. The Labute approximate surface area is 85.4 Å². The number of carbonyl (C=O) groups is 1. The molecule has 14 heavy (non-hydrogen) atoms. The zero-order valence-electron chi connectivity index (χ0n) is 8.78. The van der Waals surface area contributed by atoms with E-state index in [9.17, 15) is 4.79 Å². The van der Waals surface area contributed by atoms with Crippen molar-refractivity contribution < 1.29 is 9.90 Å². The summed E-state index contributed by atoms with van der Waals surface area (Å²) in [7, 11) is 0. The maximum atomic E-state index is 10.3. The molecule has 0 amide bonds. The first kappa shape index (κ1) is 11.2. The molecule has 0 spiro atoms. The van der Waals surface area contributed by atoms with Gasteiger partial charge in [-0.05, 0) is 25.3 Å². The molecule has 0 aromatic heterocycles. The number of piperidine rings is 1. The normalized spacial score (nSPS) is 24.2. The highest BCUT2D eigenvalue weighted by Gasteiger charge is 2.16. The monoisotopic (exact) mass is 197 g/mol. The second-order valence-corrected chi connectivity index (χ2v) is 3.92. The van der Waals surface area contributed by atoms with Gasteiger partial charge in [0.2, 0.25) is 0 Å². The molecule has 1 aliphatic rings. The highest BCUT2D eigenvalue weighted by molar-refractivity contribution is 5.79. The molecule has 1 rings (SSSR count). The standard InChI is InChI=1S/C11H19NO2/c1-2-10-5-3-7-12(9-10)8-4-6-11(13)14/h4,6,10H,2-3,5,7-9H2,1H3,(H,13,14).